The fraction of sp³-hybridized carbons (Fsp3) is 0.423. The Morgan fingerprint density at radius 2 is 1.61 bits per heavy atom. The predicted octanol–water partition coefficient (Wildman–Crippen LogP) is 4.02. The Labute approximate surface area is 193 Å². The summed E-state index contributed by atoms with van der Waals surface area (Å²) in [6.07, 6.45) is 0.925. The van der Waals surface area contributed by atoms with E-state index in [0.29, 0.717) is 0 Å². The number of carboxylic acids is 1. The van der Waals surface area contributed by atoms with Gasteiger partial charge in [0.05, 0.1) is 0 Å². The predicted molar refractivity (Wildman–Crippen MR) is 124 cm³/mol. The Bertz CT molecular complexity index is 1030. The van der Waals surface area contributed by atoms with E-state index in [-0.39, 0.29) is 24.5 Å². The van der Waals surface area contributed by atoms with Crippen molar-refractivity contribution in [3.05, 3.63) is 59.7 Å². The molecule has 0 radical (unpaired) electrons. The average Bonchev–Trinajstić information content (AvgIpc) is 3.59. The molecule has 2 aliphatic carbocycles. The van der Waals surface area contributed by atoms with Crippen molar-refractivity contribution in [2.24, 2.45) is 5.92 Å². The van der Waals surface area contributed by atoms with E-state index in [1.54, 1.807) is 20.8 Å². The molecule has 0 saturated heterocycles. The number of carbonyl (C=O) groups is 3. The lowest BCUT2D eigenvalue weighted by Gasteiger charge is -2.36. The quantitative estimate of drug-likeness (QED) is 0.633. The average molecular weight is 451 g/mol. The number of alkyl carbamates (subject to hydrolysis) is 1. The van der Waals surface area contributed by atoms with Gasteiger partial charge in [-0.25, -0.2) is 4.79 Å². The molecule has 1 saturated carbocycles. The van der Waals surface area contributed by atoms with Gasteiger partial charge in [-0.3, -0.25) is 9.59 Å². The first-order valence-corrected chi connectivity index (χ1v) is 11.4. The first-order chi connectivity index (χ1) is 15.7. The SMILES string of the molecule is CC(C)N(CC(=O)O)C(=O)C(C)(NC(=O)OCC1c2ccccc2-c2ccccc21)C1CC1. The lowest BCUT2D eigenvalue weighted by atomic mass is 9.93. The molecule has 4 rings (SSSR count). The second kappa shape index (κ2) is 8.89. The lowest BCUT2D eigenvalue weighted by molar-refractivity contribution is -0.149. The smallest absolute Gasteiger partial charge is 0.408 e. The molecule has 0 bridgehead atoms. The van der Waals surface area contributed by atoms with E-state index >= 15 is 0 Å². The van der Waals surface area contributed by atoms with E-state index in [9.17, 15) is 19.5 Å². The van der Waals surface area contributed by atoms with E-state index < -0.39 is 30.1 Å². The van der Waals surface area contributed by atoms with Gasteiger partial charge in [0.2, 0.25) is 5.91 Å². The second-order valence-electron chi connectivity index (χ2n) is 9.35. The molecule has 1 atom stereocenters. The molecule has 7 nitrogen and oxygen atoms in total. The highest BCUT2D eigenvalue weighted by Crippen LogP contribution is 2.45. The van der Waals surface area contributed by atoms with Crippen LogP contribution in [0, 0.1) is 5.92 Å². The van der Waals surface area contributed by atoms with Crippen LogP contribution in [0.1, 0.15) is 50.7 Å². The fourth-order valence-corrected chi connectivity index (χ4v) is 4.77. The highest BCUT2D eigenvalue weighted by atomic mass is 16.5. The van der Waals surface area contributed by atoms with Crippen molar-refractivity contribution in [3.63, 3.8) is 0 Å². The number of nitrogens with one attached hydrogen (secondary N) is 1. The molecule has 2 aliphatic rings. The van der Waals surface area contributed by atoms with E-state index in [2.05, 4.69) is 17.4 Å². The van der Waals surface area contributed by atoms with Gasteiger partial charge in [0.1, 0.15) is 18.7 Å². The van der Waals surface area contributed by atoms with Gasteiger partial charge < -0.3 is 20.1 Å². The van der Waals surface area contributed by atoms with Crippen molar-refractivity contribution in [2.75, 3.05) is 13.2 Å². The van der Waals surface area contributed by atoms with E-state index in [1.165, 1.54) is 4.90 Å². The third-order valence-corrected chi connectivity index (χ3v) is 6.73. The monoisotopic (exact) mass is 450 g/mol. The van der Waals surface area contributed by atoms with Gasteiger partial charge in [0, 0.05) is 12.0 Å². The Morgan fingerprint density at radius 1 is 1.06 bits per heavy atom. The number of fused-ring (bicyclic) bond motifs is 3. The Hall–Kier alpha value is -3.35. The molecule has 2 N–H and O–H groups in total. The molecule has 2 amide bonds. The number of benzene rings is 2. The maximum atomic E-state index is 13.3. The number of aliphatic carboxylic acids is 1. The second-order valence-corrected chi connectivity index (χ2v) is 9.35. The van der Waals surface area contributed by atoms with Crippen LogP contribution in [0.4, 0.5) is 4.79 Å². The van der Waals surface area contributed by atoms with Crippen LogP contribution in [0.5, 0.6) is 0 Å². The van der Waals surface area contributed by atoms with Crippen molar-refractivity contribution < 1.29 is 24.2 Å². The summed E-state index contributed by atoms with van der Waals surface area (Å²) in [5.74, 6) is -1.60. The summed E-state index contributed by atoms with van der Waals surface area (Å²) in [6, 6.07) is 15.9. The highest BCUT2D eigenvalue weighted by molar-refractivity contribution is 5.92. The molecule has 1 fully saturated rings. The molecule has 0 aromatic heterocycles. The first-order valence-electron chi connectivity index (χ1n) is 11.4. The largest absolute Gasteiger partial charge is 0.480 e. The number of amides is 2. The van der Waals surface area contributed by atoms with Gasteiger partial charge in [-0.1, -0.05) is 48.5 Å². The van der Waals surface area contributed by atoms with Gasteiger partial charge in [-0.2, -0.15) is 0 Å². The number of rotatable bonds is 8. The first kappa shape index (κ1) is 22.8. The molecule has 33 heavy (non-hydrogen) atoms. The van der Waals surface area contributed by atoms with Crippen LogP contribution in [0.3, 0.4) is 0 Å². The Kier molecular flexibility index (Phi) is 6.15. The summed E-state index contributed by atoms with van der Waals surface area (Å²) < 4.78 is 5.65. The minimum absolute atomic E-state index is 0.0412. The minimum Gasteiger partial charge on any atom is -0.480 e. The summed E-state index contributed by atoms with van der Waals surface area (Å²) >= 11 is 0. The van der Waals surface area contributed by atoms with Crippen molar-refractivity contribution in [2.45, 2.75) is 51.1 Å². The summed E-state index contributed by atoms with van der Waals surface area (Å²) in [5.41, 5.74) is 3.30. The van der Waals surface area contributed by atoms with Crippen molar-refractivity contribution in [3.8, 4) is 11.1 Å². The summed E-state index contributed by atoms with van der Waals surface area (Å²) in [7, 11) is 0. The van der Waals surface area contributed by atoms with Crippen molar-refractivity contribution >= 4 is 18.0 Å². The molecular formula is C26H30N2O5. The van der Waals surface area contributed by atoms with Crippen LogP contribution in [0.15, 0.2) is 48.5 Å². The lowest BCUT2D eigenvalue weighted by Crippen LogP contribution is -2.61. The zero-order valence-electron chi connectivity index (χ0n) is 19.2. The standard InChI is InChI=1S/C26H30N2O5/c1-16(2)28(14-23(29)30)24(31)26(3,17-12-13-17)27-25(32)33-15-22-20-10-6-4-8-18(20)19-9-5-7-11-21(19)22/h4-11,16-17,22H,12-15H2,1-3H3,(H,27,32)(H,29,30). The van der Waals surface area contributed by atoms with E-state index in [4.69, 9.17) is 4.74 Å². The van der Waals surface area contributed by atoms with Gasteiger partial charge in [0.15, 0.2) is 0 Å². The van der Waals surface area contributed by atoms with Gasteiger partial charge in [-0.15, -0.1) is 0 Å². The Morgan fingerprint density at radius 3 is 2.09 bits per heavy atom. The van der Waals surface area contributed by atoms with Crippen LogP contribution in [-0.2, 0) is 14.3 Å². The summed E-state index contributed by atoms with van der Waals surface area (Å²) in [4.78, 5) is 38.8. The summed E-state index contributed by atoms with van der Waals surface area (Å²) in [5, 5.41) is 12.0. The van der Waals surface area contributed by atoms with Crippen molar-refractivity contribution in [1.82, 2.24) is 10.2 Å². The molecule has 0 spiro atoms. The zero-order valence-corrected chi connectivity index (χ0v) is 19.2. The minimum atomic E-state index is -1.21. The van der Waals surface area contributed by atoms with Gasteiger partial charge in [-0.05, 0) is 61.8 Å². The molecule has 7 heteroatoms. The van der Waals surface area contributed by atoms with Crippen LogP contribution in [0.25, 0.3) is 11.1 Å². The molecule has 0 heterocycles. The number of hydrogen-bond acceptors (Lipinski definition) is 4. The molecular weight excluding hydrogens is 420 g/mol. The Balaban J connectivity index is 1.48. The molecule has 2 aromatic carbocycles. The van der Waals surface area contributed by atoms with Crippen LogP contribution >= 0.6 is 0 Å². The zero-order chi connectivity index (χ0) is 23.8. The molecule has 0 aliphatic heterocycles. The third kappa shape index (κ3) is 4.45. The molecule has 1 unspecified atom stereocenters. The normalized spacial score (nSPS) is 16.5. The highest BCUT2D eigenvalue weighted by Gasteiger charge is 2.51. The van der Waals surface area contributed by atoms with Gasteiger partial charge in [0.25, 0.3) is 0 Å². The fourth-order valence-electron chi connectivity index (χ4n) is 4.77. The number of nitrogens with zero attached hydrogens (tertiary/aromatic N) is 1. The molecule has 174 valence electrons. The van der Waals surface area contributed by atoms with Crippen LogP contribution in [-0.4, -0.2) is 52.7 Å². The van der Waals surface area contributed by atoms with Crippen molar-refractivity contribution in [1.29, 1.82) is 0 Å². The van der Waals surface area contributed by atoms with E-state index in [0.717, 1.165) is 35.1 Å². The number of ether oxygens (including phenoxy) is 1. The maximum Gasteiger partial charge on any atom is 0.408 e. The number of carboxylic acid groups (broad SMARTS) is 1. The van der Waals surface area contributed by atoms with E-state index in [1.807, 2.05) is 36.4 Å². The topological polar surface area (TPSA) is 95.9 Å². The van der Waals surface area contributed by atoms with Gasteiger partial charge >= 0.3 is 12.1 Å². The summed E-state index contributed by atoms with van der Waals surface area (Å²) in [6.45, 7) is 4.94. The number of carbonyl (C=O) groups excluding carboxylic acids is 2. The number of hydrogen-bond donors (Lipinski definition) is 2. The molecule has 2 aromatic rings. The van der Waals surface area contributed by atoms with Crippen LogP contribution < -0.4 is 5.32 Å². The third-order valence-electron chi connectivity index (χ3n) is 6.73. The maximum absolute atomic E-state index is 13.3. The van der Waals surface area contributed by atoms with Crippen LogP contribution in [0.2, 0.25) is 0 Å².